The number of halogens is 2. The molecule has 1 nitrogen and oxygen atoms in total. The van der Waals surface area contributed by atoms with Gasteiger partial charge in [-0.05, 0) is 100 Å². The Hall–Kier alpha value is 0.791. The van der Waals surface area contributed by atoms with Crippen LogP contribution < -0.4 is 24.8 Å². The summed E-state index contributed by atoms with van der Waals surface area (Å²) in [6.07, 6.45) is 9.22. The molecule has 1 unspecified atom stereocenters. The van der Waals surface area contributed by atoms with Gasteiger partial charge in [-0.1, -0.05) is 26.3 Å². The molecule has 0 aliphatic heterocycles. The number of hydrogen-bond donors (Lipinski definition) is 0. The number of hydrogen-bond acceptors (Lipinski definition) is 1. The van der Waals surface area contributed by atoms with Crippen LogP contribution in [-0.2, 0) is 21.7 Å². The van der Waals surface area contributed by atoms with Crippen molar-refractivity contribution >= 4 is 8.96 Å². The van der Waals surface area contributed by atoms with Crippen molar-refractivity contribution in [3.05, 3.63) is 22.4 Å². The largest absolute Gasteiger partial charge is 1.00 e. The number of nitrogens with zero attached hydrogens (tertiary/aromatic N) is 1. The molecular weight excluding hydrogens is 437 g/mol. The molecule has 0 heterocycles. The summed E-state index contributed by atoms with van der Waals surface area (Å²) in [4.78, 5) is 0. The van der Waals surface area contributed by atoms with Gasteiger partial charge in [-0.2, -0.15) is 0 Å². The summed E-state index contributed by atoms with van der Waals surface area (Å²) in [5.41, 5.74) is 7.20. The summed E-state index contributed by atoms with van der Waals surface area (Å²) in [6, 6.07) is 2.86. The standard InChI is InChI=1S/C23H39NSi.2ClH.Ti/c1-7-25(8-2)24(22-17(5)15(3)16(4)18(22)6)23-12-19-9-20(13-23)11-21(10-19)14-23;;;/h17,19-21,25H,7-14H2,1-6H3;2*1H;/p-2. The molecule has 0 aromatic heterocycles. The van der Waals surface area contributed by atoms with Crippen molar-refractivity contribution < 1.29 is 46.5 Å². The average Bonchev–Trinajstić information content (AvgIpc) is 2.75. The van der Waals surface area contributed by atoms with Gasteiger partial charge < -0.3 is 29.4 Å². The Morgan fingerprint density at radius 1 is 0.857 bits per heavy atom. The third-order valence-electron chi connectivity index (χ3n) is 8.68. The first-order valence-electron chi connectivity index (χ1n) is 11.1. The first-order valence-corrected chi connectivity index (χ1v) is 13.2. The molecule has 0 radical (unpaired) electrons. The van der Waals surface area contributed by atoms with E-state index in [1.807, 2.05) is 0 Å². The summed E-state index contributed by atoms with van der Waals surface area (Å²) >= 11 is 0. The van der Waals surface area contributed by atoms with E-state index in [1.165, 1.54) is 31.4 Å². The van der Waals surface area contributed by atoms with Gasteiger partial charge in [0.15, 0.2) is 0 Å². The zero-order valence-electron chi connectivity index (χ0n) is 18.7. The van der Waals surface area contributed by atoms with Crippen molar-refractivity contribution in [1.82, 2.24) is 4.57 Å². The van der Waals surface area contributed by atoms with Gasteiger partial charge in [0, 0.05) is 38.9 Å². The van der Waals surface area contributed by atoms with E-state index in [1.54, 1.807) is 41.7 Å². The van der Waals surface area contributed by atoms with Crippen molar-refractivity contribution in [2.75, 3.05) is 0 Å². The van der Waals surface area contributed by atoms with Crippen LogP contribution in [0.25, 0.3) is 0 Å². The smallest absolute Gasteiger partial charge is 0.140 e. The molecule has 28 heavy (non-hydrogen) atoms. The average molecular weight is 476 g/mol. The second-order valence-electron chi connectivity index (χ2n) is 10.0. The SMILES string of the molecule is CC[SiH](CC)N(C1=C(C)C(C)=C(C)C1C)C12CC3CC(CC(C3)C1)C2.[Cl-].[Cl-].[Ti]. The van der Waals surface area contributed by atoms with Crippen LogP contribution >= 0.6 is 0 Å². The van der Waals surface area contributed by atoms with Crippen LogP contribution in [0.3, 0.4) is 0 Å². The minimum atomic E-state index is -0.901. The Labute approximate surface area is 202 Å². The van der Waals surface area contributed by atoms with Crippen LogP contribution in [0.15, 0.2) is 22.4 Å². The second-order valence-corrected chi connectivity index (χ2v) is 13.5. The monoisotopic (exact) mass is 475 g/mol. The van der Waals surface area contributed by atoms with Crippen molar-refractivity contribution in [1.29, 1.82) is 0 Å². The van der Waals surface area contributed by atoms with Crippen LogP contribution in [0.2, 0.25) is 12.1 Å². The topological polar surface area (TPSA) is 3.24 Å². The normalized spacial score (nSPS) is 35.7. The Kier molecular flexibility index (Phi) is 9.53. The molecule has 4 fully saturated rings. The van der Waals surface area contributed by atoms with Crippen molar-refractivity contribution in [3.63, 3.8) is 0 Å². The number of rotatable bonds is 5. The zero-order chi connectivity index (χ0) is 17.9. The Bertz CT molecular complexity index is 591. The zero-order valence-corrected chi connectivity index (χ0v) is 23.0. The fraction of sp³-hybridized carbons (Fsp3) is 0.826. The Balaban J connectivity index is 0.00000131. The molecule has 0 spiro atoms. The van der Waals surface area contributed by atoms with Crippen LogP contribution in [0.4, 0.5) is 0 Å². The van der Waals surface area contributed by atoms with E-state index in [0.29, 0.717) is 11.5 Å². The van der Waals surface area contributed by atoms with Gasteiger partial charge in [-0.3, -0.25) is 0 Å². The van der Waals surface area contributed by atoms with Crippen molar-refractivity contribution in [2.45, 2.75) is 97.7 Å². The van der Waals surface area contributed by atoms with Gasteiger partial charge in [0.25, 0.3) is 0 Å². The summed E-state index contributed by atoms with van der Waals surface area (Å²) < 4.78 is 3.19. The maximum Gasteiger partial charge on any atom is 0.140 e. The molecule has 4 bridgehead atoms. The van der Waals surface area contributed by atoms with Gasteiger partial charge in [0.05, 0.1) is 0 Å². The molecule has 160 valence electrons. The summed E-state index contributed by atoms with van der Waals surface area (Å²) in [5.74, 6) is 3.79. The third-order valence-corrected chi connectivity index (χ3v) is 12.1. The van der Waals surface area contributed by atoms with E-state index < -0.39 is 8.96 Å². The minimum Gasteiger partial charge on any atom is -1.00 e. The first-order chi connectivity index (χ1) is 11.9. The maximum atomic E-state index is 3.19. The number of allylic oxidation sites excluding steroid dienone is 3. The van der Waals surface area contributed by atoms with E-state index >= 15 is 0 Å². The van der Waals surface area contributed by atoms with Gasteiger partial charge in [-0.15, -0.1) is 0 Å². The molecule has 0 saturated heterocycles. The molecule has 0 amide bonds. The maximum absolute atomic E-state index is 3.19. The van der Waals surface area contributed by atoms with Crippen LogP contribution in [0.5, 0.6) is 0 Å². The van der Waals surface area contributed by atoms with Gasteiger partial charge >= 0.3 is 0 Å². The Morgan fingerprint density at radius 2 is 1.29 bits per heavy atom. The Morgan fingerprint density at radius 3 is 1.61 bits per heavy atom. The van der Waals surface area contributed by atoms with Gasteiger partial charge in [0.1, 0.15) is 8.96 Å². The summed E-state index contributed by atoms with van der Waals surface area (Å²) in [5, 5.41) is 0. The summed E-state index contributed by atoms with van der Waals surface area (Å²) in [7, 11) is -0.901. The fourth-order valence-corrected chi connectivity index (χ4v) is 10.8. The van der Waals surface area contributed by atoms with E-state index in [4.69, 9.17) is 0 Å². The molecule has 5 heteroatoms. The molecule has 0 aromatic carbocycles. The molecule has 0 N–H and O–H groups in total. The quantitative estimate of drug-likeness (QED) is 0.516. The van der Waals surface area contributed by atoms with Crippen molar-refractivity contribution in [3.8, 4) is 0 Å². The van der Waals surface area contributed by atoms with E-state index in [0.717, 1.165) is 17.8 Å². The van der Waals surface area contributed by atoms with E-state index in [-0.39, 0.29) is 46.5 Å². The molecule has 0 aromatic rings. The minimum absolute atomic E-state index is 0. The first kappa shape index (κ1) is 26.8. The van der Waals surface area contributed by atoms with E-state index in [2.05, 4.69) is 46.1 Å². The van der Waals surface area contributed by atoms with Crippen molar-refractivity contribution in [2.24, 2.45) is 23.7 Å². The predicted octanol–water partition coefficient (Wildman–Crippen LogP) is 0.286. The molecule has 5 aliphatic carbocycles. The predicted molar refractivity (Wildman–Crippen MR) is 111 cm³/mol. The van der Waals surface area contributed by atoms with E-state index in [9.17, 15) is 0 Å². The van der Waals surface area contributed by atoms with Gasteiger partial charge in [0.2, 0.25) is 0 Å². The summed E-state index contributed by atoms with van der Waals surface area (Å²) in [6.45, 7) is 14.7. The fourth-order valence-electron chi connectivity index (χ4n) is 7.59. The van der Waals surface area contributed by atoms with Gasteiger partial charge in [-0.25, -0.2) is 0 Å². The molecule has 5 aliphatic rings. The molecule has 4 saturated carbocycles. The van der Waals surface area contributed by atoms with Crippen LogP contribution in [0, 0.1) is 23.7 Å². The molecule has 1 atom stereocenters. The van der Waals surface area contributed by atoms with Crippen LogP contribution in [-0.4, -0.2) is 19.1 Å². The second kappa shape index (κ2) is 9.94. The van der Waals surface area contributed by atoms with Crippen LogP contribution in [0.1, 0.15) is 80.1 Å². The molecular formula is C23H39Cl2NSiTi-2. The molecule has 5 rings (SSSR count). The third kappa shape index (κ3) is 4.12.